The fourth-order valence-corrected chi connectivity index (χ4v) is 4.11. The van der Waals surface area contributed by atoms with Gasteiger partial charge in [-0.2, -0.15) is 5.10 Å². The molecular formula is C22H17Br2N3O5. The van der Waals surface area contributed by atoms with Gasteiger partial charge in [-0.25, -0.2) is 5.43 Å². The summed E-state index contributed by atoms with van der Waals surface area (Å²) >= 11 is 6.94. The Hall–Kier alpha value is -3.24. The van der Waals surface area contributed by atoms with Gasteiger partial charge < -0.3 is 9.47 Å². The minimum absolute atomic E-state index is 0.0262. The number of nitrogens with one attached hydrogen (secondary N) is 1. The first kappa shape index (κ1) is 23.4. The molecule has 1 amide bonds. The Balaban J connectivity index is 1.63. The van der Waals surface area contributed by atoms with E-state index in [9.17, 15) is 14.9 Å². The Bertz CT molecular complexity index is 1140. The maximum absolute atomic E-state index is 12.2. The summed E-state index contributed by atoms with van der Waals surface area (Å²) in [4.78, 5) is 22.5. The molecule has 0 atom stereocenters. The highest BCUT2D eigenvalue weighted by molar-refractivity contribution is 9.11. The van der Waals surface area contributed by atoms with Crippen LogP contribution in [0.5, 0.6) is 11.5 Å². The third-order valence-electron chi connectivity index (χ3n) is 4.26. The third-order valence-corrected chi connectivity index (χ3v) is 5.44. The largest absolute Gasteiger partial charge is 0.497 e. The highest BCUT2D eigenvalue weighted by Crippen LogP contribution is 2.35. The van der Waals surface area contributed by atoms with Crippen LogP contribution in [0.4, 0.5) is 5.69 Å². The van der Waals surface area contributed by atoms with Crippen molar-refractivity contribution in [3.05, 3.63) is 96.4 Å². The summed E-state index contributed by atoms with van der Waals surface area (Å²) in [5.74, 6) is 0.793. The molecule has 8 nitrogen and oxygen atoms in total. The van der Waals surface area contributed by atoms with Gasteiger partial charge >= 0.3 is 0 Å². The molecule has 10 heteroatoms. The summed E-state index contributed by atoms with van der Waals surface area (Å²) in [6.45, 7) is 0.235. The van der Waals surface area contributed by atoms with Gasteiger partial charge in [0, 0.05) is 17.7 Å². The summed E-state index contributed by atoms with van der Waals surface area (Å²) in [7, 11) is 1.53. The Morgan fingerprint density at radius 3 is 2.44 bits per heavy atom. The number of hydrogen-bond donors (Lipinski definition) is 1. The molecule has 0 heterocycles. The summed E-state index contributed by atoms with van der Waals surface area (Å²) in [6, 6.07) is 16.5. The second-order valence-electron chi connectivity index (χ2n) is 6.46. The standard InChI is InChI=1S/C22H17Br2N3O5/c1-31-18-4-2-3-16(11-18)22(28)26-25-12-15-9-19(23)21(20(24)10-15)32-13-14-5-7-17(8-6-14)27(29)30/h2-12H,13H2,1H3,(H,26,28)/b25-12-. The van der Waals surface area contributed by atoms with Gasteiger partial charge in [0.15, 0.2) is 0 Å². The molecule has 0 aliphatic carbocycles. The van der Waals surface area contributed by atoms with E-state index in [-0.39, 0.29) is 18.2 Å². The van der Waals surface area contributed by atoms with Crippen molar-refractivity contribution in [1.82, 2.24) is 5.43 Å². The van der Waals surface area contributed by atoms with Crippen LogP contribution in [-0.2, 0) is 6.61 Å². The van der Waals surface area contributed by atoms with E-state index in [0.29, 0.717) is 26.0 Å². The maximum Gasteiger partial charge on any atom is 0.271 e. The molecule has 164 valence electrons. The molecule has 3 rings (SSSR count). The molecule has 0 saturated carbocycles. The number of benzene rings is 3. The average Bonchev–Trinajstić information content (AvgIpc) is 2.78. The second kappa shape index (κ2) is 10.9. The second-order valence-corrected chi connectivity index (χ2v) is 8.17. The summed E-state index contributed by atoms with van der Waals surface area (Å²) in [5, 5.41) is 14.7. The quantitative estimate of drug-likeness (QED) is 0.223. The Kier molecular flexibility index (Phi) is 7.96. The van der Waals surface area contributed by atoms with E-state index in [1.54, 1.807) is 48.5 Å². The number of non-ortho nitro benzene ring substituents is 1. The van der Waals surface area contributed by atoms with Gasteiger partial charge in [-0.1, -0.05) is 6.07 Å². The molecule has 0 aliphatic rings. The van der Waals surface area contributed by atoms with E-state index in [1.165, 1.54) is 25.5 Å². The molecule has 0 unspecified atom stereocenters. The first-order valence-electron chi connectivity index (χ1n) is 9.20. The fraction of sp³-hybridized carbons (Fsp3) is 0.0909. The number of ether oxygens (including phenoxy) is 2. The zero-order chi connectivity index (χ0) is 23.1. The smallest absolute Gasteiger partial charge is 0.271 e. The van der Waals surface area contributed by atoms with Crippen LogP contribution in [0.25, 0.3) is 0 Å². The van der Waals surface area contributed by atoms with Crippen molar-refractivity contribution < 1.29 is 19.2 Å². The zero-order valence-corrected chi connectivity index (χ0v) is 19.9. The lowest BCUT2D eigenvalue weighted by Crippen LogP contribution is -2.17. The molecule has 0 aromatic heterocycles. The number of hydrogen-bond acceptors (Lipinski definition) is 6. The minimum atomic E-state index is -0.447. The molecule has 3 aromatic rings. The van der Waals surface area contributed by atoms with E-state index in [4.69, 9.17) is 9.47 Å². The molecule has 0 spiro atoms. The number of hydrazone groups is 1. The lowest BCUT2D eigenvalue weighted by molar-refractivity contribution is -0.384. The van der Waals surface area contributed by atoms with Crippen LogP contribution in [0.3, 0.4) is 0 Å². The van der Waals surface area contributed by atoms with Crippen LogP contribution in [0.15, 0.2) is 74.7 Å². The van der Waals surface area contributed by atoms with Gasteiger partial charge in [0.05, 0.1) is 27.2 Å². The number of halogens is 2. The minimum Gasteiger partial charge on any atom is -0.497 e. The van der Waals surface area contributed by atoms with Crippen LogP contribution in [-0.4, -0.2) is 24.2 Å². The summed E-state index contributed by atoms with van der Waals surface area (Å²) in [5.41, 5.74) is 4.44. The molecule has 1 N–H and O–H groups in total. The molecule has 0 bridgehead atoms. The highest BCUT2D eigenvalue weighted by Gasteiger charge is 2.10. The van der Waals surface area contributed by atoms with Crippen LogP contribution < -0.4 is 14.9 Å². The van der Waals surface area contributed by atoms with Crippen molar-refractivity contribution in [2.75, 3.05) is 7.11 Å². The number of methoxy groups -OCH3 is 1. The Labute approximate surface area is 200 Å². The van der Waals surface area contributed by atoms with Gasteiger partial charge in [0.25, 0.3) is 11.6 Å². The van der Waals surface area contributed by atoms with E-state index in [0.717, 1.165) is 11.1 Å². The zero-order valence-electron chi connectivity index (χ0n) is 16.7. The number of nitrogens with zero attached hydrogens (tertiary/aromatic N) is 2. The Morgan fingerprint density at radius 2 is 1.81 bits per heavy atom. The van der Waals surface area contributed by atoms with Crippen molar-refractivity contribution in [3.8, 4) is 11.5 Å². The third kappa shape index (κ3) is 6.14. The topological polar surface area (TPSA) is 103 Å². The van der Waals surface area contributed by atoms with Crippen LogP contribution in [0.1, 0.15) is 21.5 Å². The molecule has 0 saturated heterocycles. The Morgan fingerprint density at radius 1 is 1.12 bits per heavy atom. The first-order chi connectivity index (χ1) is 15.4. The molecule has 32 heavy (non-hydrogen) atoms. The number of nitro benzene ring substituents is 1. The number of nitro groups is 1. The van der Waals surface area contributed by atoms with Gasteiger partial charge in [-0.3, -0.25) is 14.9 Å². The van der Waals surface area contributed by atoms with Gasteiger partial charge in [0.1, 0.15) is 18.1 Å². The van der Waals surface area contributed by atoms with Crippen LogP contribution in [0, 0.1) is 10.1 Å². The SMILES string of the molecule is COc1cccc(C(=O)N/N=C\c2cc(Br)c(OCc3ccc([N+](=O)[O-])cc3)c(Br)c2)c1. The normalized spacial score (nSPS) is 10.7. The fourth-order valence-electron chi connectivity index (χ4n) is 2.66. The van der Waals surface area contributed by atoms with E-state index < -0.39 is 4.92 Å². The average molecular weight is 563 g/mol. The van der Waals surface area contributed by atoms with Gasteiger partial charge in [0.2, 0.25) is 0 Å². The van der Waals surface area contributed by atoms with E-state index in [2.05, 4.69) is 42.4 Å². The number of carbonyl (C=O) groups is 1. The molecule has 0 radical (unpaired) electrons. The van der Waals surface area contributed by atoms with Gasteiger partial charge in [-0.15, -0.1) is 0 Å². The molecule has 0 aliphatic heterocycles. The van der Waals surface area contributed by atoms with Crippen molar-refractivity contribution >= 4 is 49.7 Å². The van der Waals surface area contributed by atoms with Crippen molar-refractivity contribution in [2.24, 2.45) is 5.10 Å². The van der Waals surface area contributed by atoms with Gasteiger partial charge in [-0.05, 0) is 85.5 Å². The summed E-state index contributed by atoms with van der Waals surface area (Å²) < 4.78 is 12.3. The van der Waals surface area contributed by atoms with Crippen molar-refractivity contribution in [2.45, 2.75) is 6.61 Å². The number of rotatable bonds is 8. The number of carbonyl (C=O) groups excluding carboxylic acids is 1. The number of amides is 1. The predicted molar refractivity (Wildman–Crippen MR) is 127 cm³/mol. The predicted octanol–water partition coefficient (Wildman–Crippen LogP) is 5.47. The highest BCUT2D eigenvalue weighted by atomic mass is 79.9. The molecule has 0 fully saturated rings. The monoisotopic (exact) mass is 561 g/mol. The lowest BCUT2D eigenvalue weighted by atomic mass is 10.2. The first-order valence-corrected chi connectivity index (χ1v) is 10.8. The van der Waals surface area contributed by atoms with E-state index in [1.807, 2.05) is 0 Å². The van der Waals surface area contributed by atoms with Crippen molar-refractivity contribution in [3.63, 3.8) is 0 Å². The van der Waals surface area contributed by atoms with Crippen LogP contribution >= 0.6 is 31.9 Å². The lowest BCUT2D eigenvalue weighted by Gasteiger charge is -2.11. The van der Waals surface area contributed by atoms with Crippen LogP contribution in [0.2, 0.25) is 0 Å². The molecular weight excluding hydrogens is 546 g/mol. The summed E-state index contributed by atoms with van der Waals surface area (Å²) in [6.07, 6.45) is 1.51. The van der Waals surface area contributed by atoms with Crippen molar-refractivity contribution in [1.29, 1.82) is 0 Å². The molecule has 3 aromatic carbocycles. The maximum atomic E-state index is 12.2. The van der Waals surface area contributed by atoms with E-state index >= 15 is 0 Å².